The molecule has 0 spiro atoms. The predicted octanol–water partition coefficient (Wildman–Crippen LogP) is 2.20. The van der Waals surface area contributed by atoms with E-state index in [0.29, 0.717) is 58.0 Å². The average Bonchev–Trinajstić information content (AvgIpc) is 2.62. The number of carbonyl (C=O) groups excluding carboxylic acids is 1. The smallest absolute Gasteiger partial charge is 0.232 e. The number of halogens is 3. The summed E-state index contributed by atoms with van der Waals surface area (Å²) in [5.74, 6) is -0.533. The van der Waals surface area contributed by atoms with Gasteiger partial charge in [-0.1, -0.05) is 0 Å². The summed E-state index contributed by atoms with van der Waals surface area (Å²) in [6, 6.07) is 4.62. The summed E-state index contributed by atoms with van der Waals surface area (Å²) in [5.41, 5.74) is 6.43. The monoisotopic (exact) mass is 409 g/mol. The van der Waals surface area contributed by atoms with Gasteiger partial charge < -0.3 is 25.4 Å². The van der Waals surface area contributed by atoms with Crippen molar-refractivity contribution in [3.05, 3.63) is 24.0 Å². The number of ether oxygens (including phenoxy) is 2. The third-order valence-electron chi connectivity index (χ3n) is 4.84. The van der Waals surface area contributed by atoms with Gasteiger partial charge in [0.1, 0.15) is 5.82 Å². The van der Waals surface area contributed by atoms with Crippen molar-refractivity contribution in [2.75, 3.05) is 56.3 Å². The second-order valence-corrected chi connectivity index (χ2v) is 6.35. The first-order valence-corrected chi connectivity index (χ1v) is 8.35. The molecule has 6 nitrogen and oxygen atoms in total. The van der Waals surface area contributed by atoms with Crippen LogP contribution < -0.4 is 16.0 Å². The summed E-state index contributed by atoms with van der Waals surface area (Å²) in [6.45, 7) is 3.96. The highest BCUT2D eigenvalue weighted by Crippen LogP contribution is 2.32. The molecule has 1 aromatic rings. The molecule has 2 aliphatic heterocycles. The van der Waals surface area contributed by atoms with E-state index in [1.54, 1.807) is 6.07 Å². The molecule has 3 rings (SSSR count). The lowest BCUT2D eigenvalue weighted by molar-refractivity contribution is -0.130. The number of amides is 1. The number of anilines is 2. The molecule has 0 atom stereocenters. The maximum Gasteiger partial charge on any atom is 0.232 e. The molecule has 3 N–H and O–H groups in total. The Balaban J connectivity index is 0.00000169. The molecule has 0 aromatic heterocycles. The second-order valence-electron chi connectivity index (χ2n) is 6.35. The Morgan fingerprint density at radius 2 is 1.73 bits per heavy atom. The normalized spacial score (nSPS) is 19.1. The van der Waals surface area contributed by atoms with Crippen LogP contribution in [-0.2, 0) is 14.3 Å². The maximum atomic E-state index is 14.0. The minimum Gasteiger partial charge on any atom is -0.381 e. The van der Waals surface area contributed by atoms with Crippen molar-refractivity contribution in [2.24, 2.45) is 11.1 Å². The highest BCUT2D eigenvalue weighted by molar-refractivity contribution is 5.96. The van der Waals surface area contributed by atoms with Crippen molar-refractivity contribution in [3.8, 4) is 0 Å². The third kappa shape index (κ3) is 5.20. The van der Waals surface area contributed by atoms with Crippen molar-refractivity contribution < 1.29 is 18.7 Å². The Kier molecular flexibility index (Phi) is 9.06. The number of rotatable bonds is 4. The largest absolute Gasteiger partial charge is 0.381 e. The standard InChI is InChI=1S/C17H24FN3O3.2ClH/c18-13-9-14(11-15(10-13)21-3-7-24-8-4-21)20-16(22)17(12-19)1-5-23-6-2-17;;/h9-11H,1-8,12,19H2,(H,20,22);2*1H. The molecule has 2 aliphatic rings. The summed E-state index contributed by atoms with van der Waals surface area (Å²) in [5, 5.41) is 2.85. The number of nitrogens with zero attached hydrogens (tertiary/aromatic N) is 1. The number of morpholine rings is 1. The lowest BCUT2D eigenvalue weighted by atomic mass is 9.79. The van der Waals surface area contributed by atoms with Crippen LogP contribution in [-0.4, -0.2) is 52.0 Å². The number of hydrogen-bond donors (Lipinski definition) is 2. The molecule has 0 aliphatic carbocycles. The van der Waals surface area contributed by atoms with Crippen LogP contribution in [0.5, 0.6) is 0 Å². The number of nitrogens with one attached hydrogen (secondary N) is 1. The van der Waals surface area contributed by atoms with Crippen molar-refractivity contribution in [3.63, 3.8) is 0 Å². The Labute approximate surface area is 165 Å². The van der Waals surface area contributed by atoms with Crippen LogP contribution in [0, 0.1) is 11.2 Å². The van der Waals surface area contributed by atoms with Gasteiger partial charge in [0, 0.05) is 44.2 Å². The van der Waals surface area contributed by atoms with E-state index in [4.69, 9.17) is 15.2 Å². The first-order valence-electron chi connectivity index (χ1n) is 8.35. The van der Waals surface area contributed by atoms with Gasteiger partial charge in [0.15, 0.2) is 0 Å². The SMILES string of the molecule is Cl.Cl.NCC1(C(=O)Nc2cc(F)cc(N3CCOCC3)c2)CCOCC1. The lowest BCUT2D eigenvalue weighted by Crippen LogP contribution is -2.46. The summed E-state index contributed by atoms with van der Waals surface area (Å²) in [4.78, 5) is 14.8. The Hall–Kier alpha value is -1.12. The van der Waals surface area contributed by atoms with Crippen LogP contribution in [0.3, 0.4) is 0 Å². The van der Waals surface area contributed by atoms with E-state index < -0.39 is 5.41 Å². The molecule has 0 saturated carbocycles. The molecule has 26 heavy (non-hydrogen) atoms. The van der Waals surface area contributed by atoms with E-state index in [1.165, 1.54) is 12.1 Å². The molecule has 0 unspecified atom stereocenters. The molecule has 0 bridgehead atoms. The van der Waals surface area contributed by atoms with Crippen LogP contribution in [0.25, 0.3) is 0 Å². The molecule has 9 heteroatoms. The lowest BCUT2D eigenvalue weighted by Gasteiger charge is -2.34. The van der Waals surface area contributed by atoms with Crippen LogP contribution >= 0.6 is 24.8 Å². The van der Waals surface area contributed by atoms with Crippen molar-refractivity contribution in [1.82, 2.24) is 0 Å². The van der Waals surface area contributed by atoms with E-state index in [9.17, 15) is 9.18 Å². The molecule has 2 saturated heterocycles. The van der Waals surface area contributed by atoms with Gasteiger partial charge in [0.05, 0.1) is 18.6 Å². The minimum atomic E-state index is -0.635. The van der Waals surface area contributed by atoms with Gasteiger partial charge in [-0.15, -0.1) is 24.8 Å². The summed E-state index contributed by atoms with van der Waals surface area (Å²) in [6.07, 6.45) is 1.17. The molecule has 2 heterocycles. The van der Waals surface area contributed by atoms with Crippen LogP contribution in [0.1, 0.15) is 12.8 Å². The van der Waals surface area contributed by atoms with E-state index in [1.807, 2.05) is 0 Å². The highest BCUT2D eigenvalue weighted by Gasteiger charge is 2.38. The Morgan fingerprint density at radius 1 is 1.12 bits per heavy atom. The van der Waals surface area contributed by atoms with Gasteiger partial charge >= 0.3 is 0 Å². The number of carbonyl (C=O) groups is 1. The first kappa shape index (κ1) is 22.9. The third-order valence-corrected chi connectivity index (χ3v) is 4.84. The van der Waals surface area contributed by atoms with Gasteiger partial charge in [-0.05, 0) is 31.0 Å². The molecule has 0 radical (unpaired) electrons. The summed E-state index contributed by atoms with van der Waals surface area (Å²) >= 11 is 0. The molecular formula is C17H26Cl2FN3O3. The van der Waals surface area contributed by atoms with Crippen LogP contribution in [0.4, 0.5) is 15.8 Å². The number of hydrogen-bond acceptors (Lipinski definition) is 5. The topological polar surface area (TPSA) is 76.8 Å². The fourth-order valence-electron chi connectivity index (χ4n) is 3.20. The van der Waals surface area contributed by atoms with Crippen molar-refractivity contribution >= 4 is 42.1 Å². The van der Waals surface area contributed by atoms with E-state index in [-0.39, 0.29) is 43.1 Å². The molecule has 1 aromatic carbocycles. The van der Waals surface area contributed by atoms with E-state index >= 15 is 0 Å². The fourth-order valence-corrected chi connectivity index (χ4v) is 3.20. The van der Waals surface area contributed by atoms with Gasteiger partial charge in [-0.3, -0.25) is 4.79 Å². The summed E-state index contributed by atoms with van der Waals surface area (Å²) in [7, 11) is 0. The number of nitrogens with two attached hydrogens (primary N) is 1. The zero-order valence-electron chi connectivity index (χ0n) is 14.5. The van der Waals surface area contributed by atoms with E-state index in [2.05, 4.69) is 10.2 Å². The average molecular weight is 410 g/mol. The Morgan fingerprint density at radius 3 is 2.35 bits per heavy atom. The highest BCUT2D eigenvalue weighted by atomic mass is 35.5. The van der Waals surface area contributed by atoms with Crippen LogP contribution in [0.15, 0.2) is 18.2 Å². The van der Waals surface area contributed by atoms with Crippen molar-refractivity contribution in [1.29, 1.82) is 0 Å². The summed E-state index contributed by atoms with van der Waals surface area (Å²) < 4.78 is 24.7. The zero-order chi connectivity index (χ0) is 17.0. The van der Waals surface area contributed by atoms with Gasteiger partial charge in [0.25, 0.3) is 0 Å². The quantitative estimate of drug-likeness (QED) is 0.796. The zero-order valence-corrected chi connectivity index (χ0v) is 16.2. The molecule has 2 fully saturated rings. The predicted molar refractivity (Wildman–Crippen MR) is 104 cm³/mol. The molecular weight excluding hydrogens is 384 g/mol. The minimum absolute atomic E-state index is 0. The maximum absolute atomic E-state index is 14.0. The van der Waals surface area contributed by atoms with Crippen LogP contribution in [0.2, 0.25) is 0 Å². The molecule has 1 amide bonds. The Bertz CT molecular complexity index is 595. The fraction of sp³-hybridized carbons (Fsp3) is 0.588. The number of benzene rings is 1. The molecule has 148 valence electrons. The van der Waals surface area contributed by atoms with Gasteiger partial charge in [0.2, 0.25) is 5.91 Å². The van der Waals surface area contributed by atoms with Gasteiger partial charge in [-0.25, -0.2) is 4.39 Å². The second kappa shape index (κ2) is 10.3. The first-order chi connectivity index (χ1) is 11.6. The van der Waals surface area contributed by atoms with Crippen molar-refractivity contribution in [2.45, 2.75) is 12.8 Å². The van der Waals surface area contributed by atoms with Gasteiger partial charge in [-0.2, -0.15) is 0 Å². The van der Waals surface area contributed by atoms with E-state index in [0.717, 1.165) is 5.69 Å².